The standard InChI is InChI=1S/C11H19FO3/c1-4-14-11(13)10(12)9-5-7(2)15-8(3)6-9/h7-10H,4-6H2,1-3H3. The zero-order valence-corrected chi connectivity index (χ0v) is 9.53. The molecule has 1 aliphatic rings. The number of hydrogen-bond donors (Lipinski definition) is 0. The normalized spacial score (nSPS) is 33.5. The van der Waals surface area contributed by atoms with Gasteiger partial charge in [-0.3, -0.25) is 0 Å². The highest BCUT2D eigenvalue weighted by Gasteiger charge is 2.35. The lowest BCUT2D eigenvalue weighted by Gasteiger charge is -2.32. The van der Waals surface area contributed by atoms with Gasteiger partial charge in [-0.05, 0) is 33.6 Å². The van der Waals surface area contributed by atoms with Crippen LogP contribution in [0.25, 0.3) is 0 Å². The molecule has 0 aromatic carbocycles. The molecule has 0 aromatic rings. The van der Waals surface area contributed by atoms with Crippen LogP contribution in [0.15, 0.2) is 0 Å². The highest BCUT2D eigenvalue weighted by Crippen LogP contribution is 2.29. The summed E-state index contributed by atoms with van der Waals surface area (Å²) in [5, 5.41) is 0. The summed E-state index contributed by atoms with van der Waals surface area (Å²) in [6.45, 7) is 5.72. The molecule has 0 aliphatic carbocycles. The summed E-state index contributed by atoms with van der Waals surface area (Å²) in [6, 6.07) is 0. The number of carbonyl (C=O) groups is 1. The number of alkyl halides is 1. The van der Waals surface area contributed by atoms with Crippen molar-refractivity contribution in [2.24, 2.45) is 5.92 Å². The quantitative estimate of drug-likeness (QED) is 0.680. The number of hydrogen-bond acceptors (Lipinski definition) is 3. The van der Waals surface area contributed by atoms with Gasteiger partial charge < -0.3 is 9.47 Å². The molecule has 1 saturated heterocycles. The van der Waals surface area contributed by atoms with E-state index in [2.05, 4.69) is 4.74 Å². The molecule has 1 heterocycles. The van der Waals surface area contributed by atoms with E-state index in [1.807, 2.05) is 13.8 Å². The van der Waals surface area contributed by atoms with E-state index in [-0.39, 0.29) is 24.7 Å². The topological polar surface area (TPSA) is 35.5 Å². The van der Waals surface area contributed by atoms with E-state index >= 15 is 0 Å². The lowest BCUT2D eigenvalue weighted by Crippen LogP contribution is -2.37. The van der Waals surface area contributed by atoms with Gasteiger partial charge in [0, 0.05) is 5.92 Å². The second-order valence-corrected chi connectivity index (χ2v) is 4.14. The molecule has 1 fully saturated rings. The van der Waals surface area contributed by atoms with Crippen LogP contribution in [0.1, 0.15) is 33.6 Å². The van der Waals surface area contributed by atoms with Gasteiger partial charge in [-0.15, -0.1) is 0 Å². The fourth-order valence-electron chi connectivity index (χ4n) is 2.11. The summed E-state index contributed by atoms with van der Waals surface area (Å²) in [6.07, 6.45) is -0.286. The molecular weight excluding hydrogens is 199 g/mol. The van der Waals surface area contributed by atoms with Crippen LogP contribution in [0.3, 0.4) is 0 Å². The van der Waals surface area contributed by atoms with E-state index in [0.29, 0.717) is 12.8 Å². The maximum atomic E-state index is 13.7. The fraction of sp³-hybridized carbons (Fsp3) is 0.909. The molecule has 88 valence electrons. The van der Waals surface area contributed by atoms with Crippen molar-refractivity contribution in [2.45, 2.75) is 52.0 Å². The first kappa shape index (κ1) is 12.4. The maximum absolute atomic E-state index is 13.7. The number of halogens is 1. The minimum absolute atomic E-state index is 0.0198. The molecule has 4 heteroatoms. The molecule has 0 radical (unpaired) electrons. The maximum Gasteiger partial charge on any atom is 0.341 e. The molecule has 0 saturated carbocycles. The molecular formula is C11H19FO3. The Morgan fingerprint density at radius 3 is 2.47 bits per heavy atom. The summed E-state index contributed by atoms with van der Waals surface area (Å²) < 4.78 is 23.8. The number of esters is 1. The molecule has 0 N–H and O–H groups in total. The van der Waals surface area contributed by atoms with Crippen molar-refractivity contribution in [3.8, 4) is 0 Å². The molecule has 0 amide bonds. The van der Waals surface area contributed by atoms with E-state index < -0.39 is 12.1 Å². The molecule has 3 unspecified atom stereocenters. The van der Waals surface area contributed by atoms with E-state index in [1.54, 1.807) is 6.92 Å². The van der Waals surface area contributed by atoms with Crippen LogP contribution in [0.4, 0.5) is 4.39 Å². The molecule has 0 bridgehead atoms. The molecule has 1 rings (SSSR count). The van der Waals surface area contributed by atoms with Gasteiger partial charge in [-0.25, -0.2) is 9.18 Å². The largest absolute Gasteiger partial charge is 0.464 e. The molecule has 1 aliphatic heterocycles. The van der Waals surface area contributed by atoms with Crippen LogP contribution >= 0.6 is 0 Å². The average Bonchev–Trinajstić information content (AvgIpc) is 2.15. The lowest BCUT2D eigenvalue weighted by atomic mass is 9.88. The van der Waals surface area contributed by atoms with Crippen molar-refractivity contribution in [1.82, 2.24) is 0 Å². The van der Waals surface area contributed by atoms with Crippen molar-refractivity contribution >= 4 is 5.97 Å². The van der Waals surface area contributed by atoms with Crippen LogP contribution < -0.4 is 0 Å². The van der Waals surface area contributed by atoms with Gasteiger partial charge >= 0.3 is 5.97 Å². The fourth-order valence-corrected chi connectivity index (χ4v) is 2.11. The van der Waals surface area contributed by atoms with Gasteiger partial charge in [0.2, 0.25) is 0 Å². The van der Waals surface area contributed by atoms with Crippen LogP contribution in [0.2, 0.25) is 0 Å². The summed E-state index contributed by atoms with van der Waals surface area (Å²) >= 11 is 0. The molecule has 15 heavy (non-hydrogen) atoms. The molecule has 0 spiro atoms. The van der Waals surface area contributed by atoms with E-state index in [1.165, 1.54) is 0 Å². The second kappa shape index (κ2) is 5.45. The number of ether oxygens (including phenoxy) is 2. The Labute approximate surface area is 89.9 Å². The first-order valence-corrected chi connectivity index (χ1v) is 5.50. The third-order valence-corrected chi connectivity index (χ3v) is 2.66. The third kappa shape index (κ3) is 3.45. The van der Waals surface area contributed by atoms with Gasteiger partial charge in [0.1, 0.15) is 0 Å². The predicted octanol–water partition coefficient (Wildman–Crippen LogP) is 2.09. The minimum atomic E-state index is -1.50. The van der Waals surface area contributed by atoms with Crippen molar-refractivity contribution in [1.29, 1.82) is 0 Å². The van der Waals surface area contributed by atoms with Gasteiger partial charge in [0.05, 0.1) is 18.8 Å². The molecule has 3 nitrogen and oxygen atoms in total. The van der Waals surface area contributed by atoms with Crippen LogP contribution in [0.5, 0.6) is 0 Å². The summed E-state index contributed by atoms with van der Waals surface area (Å²) in [5.74, 6) is -0.994. The molecule has 3 atom stereocenters. The SMILES string of the molecule is CCOC(=O)C(F)C1CC(C)OC(C)C1. The summed E-state index contributed by atoms with van der Waals surface area (Å²) in [5.41, 5.74) is 0. The highest BCUT2D eigenvalue weighted by atomic mass is 19.1. The summed E-state index contributed by atoms with van der Waals surface area (Å²) in [7, 11) is 0. The third-order valence-electron chi connectivity index (χ3n) is 2.66. The zero-order valence-electron chi connectivity index (χ0n) is 9.53. The minimum Gasteiger partial charge on any atom is -0.464 e. The van der Waals surface area contributed by atoms with Gasteiger partial charge in [0.15, 0.2) is 6.17 Å². The van der Waals surface area contributed by atoms with Crippen LogP contribution in [-0.2, 0) is 14.3 Å². The highest BCUT2D eigenvalue weighted by molar-refractivity contribution is 5.74. The Balaban J connectivity index is 2.51. The number of rotatable bonds is 3. The van der Waals surface area contributed by atoms with Crippen molar-refractivity contribution in [3.63, 3.8) is 0 Å². The van der Waals surface area contributed by atoms with Crippen molar-refractivity contribution in [2.75, 3.05) is 6.61 Å². The first-order chi connectivity index (χ1) is 7.04. The monoisotopic (exact) mass is 218 g/mol. The predicted molar refractivity (Wildman–Crippen MR) is 54.3 cm³/mol. The van der Waals surface area contributed by atoms with Gasteiger partial charge in [-0.2, -0.15) is 0 Å². The summed E-state index contributed by atoms with van der Waals surface area (Å²) in [4.78, 5) is 11.2. The van der Waals surface area contributed by atoms with E-state index in [0.717, 1.165) is 0 Å². The second-order valence-electron chi connectivity index (χ2n) is 4.14. The average molecular weight is 218 g/mol. The Morgan fingerprint density at radius 2 is 2.00 bits per heavy atom. The lowest BCUT2D eigenvalue weighted by molar-refractivity contribution is -0.155. The Hall–Kier alpha value is -0.640. The van der Waals surface area contributed by atoms with Crippen LogP contribution in [0, 0.1) is 5.92 Å². The number of carbonyl (C=O) groups excluding carboxylic acids is 1. The Kier molecular flexibility index (Phi) is 4.51. The first-order valence-electron chi connectivity index (χ1n) is 5.50. The van der Waals surface area contributed by atoms with Crippen molar-refractivity contribution in [3.05, 3.63) is 0 Å². The van der Waals surface area contributed by atoms with Gasteiger partial charge in [-0.1, -0.05) is 0 Å². The van der Waals surface area contributed by atoms with Crippen LogP contribution in [-0.4, -0.2) is 31.0 Å². The molecule has 0 aromatic heterocycles. The Morgan fingerprint density at radius 1 is 1.47 bits per heavy atom. The van der Waals surface area contributed by atoms with Crippen molar-refractivity contribution < 1.29 is 18.7 Å². The Bertz CT molecular complexity index is 210. The van der Waals surface area contributed by atoms with E-state index in [9.17, 15) is 9.18 Å². The van der Waals surface area contributed by atoms with Gasteiger partial charge in [0.25, 0.3) is 0 Å². The zero-order chi connectivity index (χ0) is 11.4. The smallest absolute Gasteiger partial charge is 0.341 e. The van der Waals surface area contributed by atoms with E-state index in [4.69, 9.17) is 4.74 Å².